The van der Waals surface area contributed by atoms with Crippen LogP contribution in [0.25, 0.3) is 33.4 Å². The molecule has 4 fully saturated rings. The molecule has 0 atom stereocenters. The van der Waals surface area contributed by atoms with Gasteiger partial charge < -0.3 is 14.7 Å². The largest absolute Gasteiger partial charge is 0.311 e. The zero-order valence-electron chi connectivity index (χ0n) is 43.9. The first-order chi connectivity index (χ1) is 37.8. The number of fused-ring (bicyclic) bond motifs is 6. The summed E-state index contributed by atoms with van der Waals surface area (Å²) in [4.78, 5) is 7.69. The van der Waals surface area contributed by atoms with Crippen molar-refractivity contribution in [3.8, 4) is 33.4 Å². The molecule has 4 aliphatic carbocycles. The van der Waals surface area contributed by atoms with Crippen LogP contribution in [0.1, 0.15) is 69.1 Å². The summed E-state index contributed by atoms with van der Waals surface area (Å²) < 4.78 is 0. The third-order valence-corrected chi connectivity index (χ3v) is 19.2. The van der Waals surface area contributed by atoms with E-state index in [-0.39, 0.29) is 12.1 Å². The number of anilines is 9. The van der Waals surface area contributed by atoms with Crippen molar-refractivity contribution in [2.24, 2.45) is 17.8 Å². The number of rotatable bonds is 7. The number of benzene rings is 10. The van der Waals surface area contributed by atoms with Crippen molar-refractivity contribution in [1.29, 1.82) is 0 Å². The highest BCUT2D eigenvalue weighted by atomic mass is 15.2. The van der Waals surface area contributed by atoms with Crippen LogP contribution >= 0.6 is 0 Å². The fraction of sp³-hybridized carbons (Fsp3) is 0.178. The van der Waals surface area contributed by atoms with E-state index in [0.717, 1.165) is 29.1 Å². The maximum Gasteiger partial charge on any atom is 0.252 e. The Morgan fingerprint density at radius 2 is 0.792 bits per heavy atom. The molecule has 3 nitrogen and oxygen atoms in total. The fourth-order valence-corrected chi connectivity index (χ4v) is 16.1. The number of hydrogen-bond acceptors (Lipinski definition) is 3. The Balaban J connectivity index is 0.904. The van der Waals surface area contributed by atoms with Gasteiger partial charge in [0.1, 0.15) is 0 Å². The molecule has 0 spiro atoms. The van der Waals surface area contributed by atoms with Gasteiger partial charge in [0.15, 0.2) is 0 Å². The van der Waals surface area contributed by atoms with Gasteiger partial charge in [-0.05, 0) is 195 Å². The average molecular weight is 990 g/mol. The maximum absolute atomic E-state index is 2.69. The monoisotopic (exact) mass is 989 g/mol. The van der Waals surface area contributed by atoms with E-state index in [2.05, 4.69) is 265 Å². The Bertz CT molecular complexity index is 3900. The summed E-state index contributed by atoms with van der Waals surface area (Å²) >= 11 is 0. The second-order valence-electron chi connectivity index (χ2n) is 23.9. The summed E-state index contributed by atoms with van der Waals surface area (Å²) in [7, 11) is 0. The predicted molar refractivity (Wildman–Crippen MR) is 323 cm³/mol. The van der Waals surface area contributed by atoms with E-state index in [1.807, 2.05) is 0 Å². The van der Waals surface area contributed by atoms with Crippen LogP contribution < -0.4 is 31.1 Å². The van der Waals surface area contributed by atoms with Crippen molar-refractivity contribution in [3.05, 3.63) is 253 Å². The van der Waals surface area contributed by atoms with Gasteiger partial charge in [0.2, 0.25) is 0 Å². The molecule has 0 aromatic heterocycles. The van der Waals surface area contributed by atoms with Crippen molar-refractivity contribution in [1.82, 2.24) is 0 Å². The number of nitrogens with zero attached hydrogens (tertiary/aromatic N) is 3. The Hall–Kier alpha value is -8.34. The Morgan fingerprint density at radius 3 is 1.39 bits per heavy atom. The van der Waals surface area contributed by atoms with E-state index in [9.17, 15) is 0 Å². The second-order valence-corrected chi connectivity index (χ2v) is 23.9. The highest BCUT2D eigenvalue weighted by molar-refractivity contribution is 7.00. The van der Waals surface area contributed by atoms with Crippen molar-refractivity contribution < 1.29 is 0 Å². The SMILES string of the molecule is CC1(C)c2ccccc2N(c2ccc3c(c2)N(c2ccc(-c4ccccc4)cc2)c2cccc4c2B3c2cc(-c3ccccc3)ccc2N4c2ccc(-c3ccccc3)cc2)c2ccc(C34CC5CC(CC(C5)C3)C4)cc21. The van der Waals surface area contributed by atoms with E-state index in [1.165, 1.54) is 139 Å². The highest BCUT2D eigenvalue weighted by Crippen LogP contribution is 2.62. The van der Waals surface area contributed by atoms with E-state index >= 15 is 0 Å². The lowest BCUT2D eigenvalue weighted by atomic mass is 9.33. The van der Waals surface area contributed by atoms with Crippen molar-refractivity contribution in [2.75, 3.05) is 14.7 Å². The first-order valence-electron chi connectivity index (χ1n) is 28.3. The molecule has 0 N–H and O–H groups in total. The van der Waals surface area contributed by atoms with Crippen LogP contribution in [0.3, 0.4) is 0 Å². The Labute approximate surface area is 454 Å². The molecular weight excluding hydrogens is 930 g/mol. The molecule has 0 saturated heterocycles. The molecule has 0 amide bonds. The zero-order chi connectivity index (χ0) is 51.0. The summed E-state index contributed by atoms with van der Waals surface area (Å²) in [5.41, 5.74) is 26.6. The first-order valence-corrected chi connectivity index (χ1v) is 28.3. The number of hydrogen-bond donors (Lipinski definition) is 0. The van der Waals surface area contributed by atoms with Crippen LogP contribution in [0.5, 0.6) is 0 Å². The van der Waals surface area contributed by atoms with Gasteiger partial charge in [0.05, 0.1) is 11.4 Å². The van der Waals surface area contributed by atoms with Crippen LogP contribution in [0.15, 0.2) is 237 Å². The van der Waals surface area contributed by atoms with E-state index in [1.54, 1.807) is 5.56 Å². The standard InChI is InChI=1S/C73H60BN3/c1-72(2)61-21-12-13-22-65(61)77(66-38-30-57(43-62(66)72)73-45-48-39-49(46-73)41-50(40-48)47-73)60-35-36-63-70(44-60)76(59-33-27-55(28-34-59)52-17-8-4-9-18-52)69-24-14-23-68-71(69)74(63)64-42-56(53-19-10-5-11-20-53)29-37-67(64)75(68)58-31-25-54(26-32-58)51-15-6-3-7-16-51/h3-38,42-44,48-50H,39-41,45-47H2,1-2H3. The van der Waals surface area contributed by atoms with Gasteiger partial charge in [-0.3, -0.25) is 0 Å². The molecule has 370 valence electrons. The summed E-state index contributed by atoms with van der Waals surface area (Å²) in [5, 5.41) is 0. The van der Waals surface area contributed by atoms with E-state index < -0.39 is 0 Å². The number of para-hydroxylation sites is 1. The van der Waals surface area contributed by atoms with Gasteiger partial charge in [0.25, 0.3) is 6.71 Å². The lowest BCUT2D eigenvalue weighted by Gasteiger charge is -2.57. The van der Waals surface area contributed by atoms with E-state index in [4.69, 9.17) is 0 Å². The van der Waals surface area contributed by atoms with Crippen LogP contribution in [0.2, 0.25) is 0 Å². The molecule has 10 aromatic rings. The minimum Gasteiger partial charge on any atom is -0.311 e. The molecule has 3 heterocycles. The summed E-state index contributed by atoms with van der Waals surface area (Å²) in [6.45, 7) is 4.91. The molecule has 17 rings (SSSR count). The van der Waals surface area contributed by atoms with E-state index in [0.29, 0.717) is 5.41 Å². The zero-order valence-corrected chi connectivity index (χ0v) is 43.9. The normalized spacial score (nSPS) is 20.7. The second kappa shape index (κ2) is 17.1. The molecule has 0 radical (unpaired) electrons. The first kappa shape index (κ1) is 44.9. The molecule has 0 unspecified atom stereocenters. The third-order valence-electron chi connectivity index (χ3n) is 19.2. The van der Waals surface area contributed by atoms with Crippen molar-refractivity contribution >= 4 is 74.3 Å². The quantitative estimate of drug-likeness (QED) is 0.147. The van der Waals surface area contributed by atoms with Crippen molar-refractivity contribution in [2.45, 2.75) is 63.2 Å². The predicted octanol–water partition coefficient (Wildman–Crippen LogP) is 17.3. The van der Waals surface area contributed by atoms with Gasteiger partial charge in [0, 0.05) is 45.2 Å². The van der Waals surface area contributed by atoms with Crippen LogP contribution in [-0.4, -0.2) is 6.71 Å². The van der Waals surface area contributed by atoms with Crippen LogP contribution in [-0.2, 0) is 10.8 Å². The van der Waals surface area contributed by atoms with Gasteiger partial charge in [-0.15, -0.1) is 0 Å². The van der Waals surface area contributed by atoms with Crippen LogP contribution in [0, 0.1) is 17.8 Å². The smallest absolute Gasteiger partial charge is 0.252 e. The minimum atomic E-state index is -0.174. The molecule has 10 aromatic carbocycles. The molecule has 4 heteroatoms. The summed E-state index contributed by atoms with van der Waals surface area (Å²) in [5.74, 6) is 2.69. The highest BCUT2D eigenvalue weighted by Gasteiger charge is 2.52. The van der Waals surface area contributed by atoms with Crippen molar-refractivity contribution in [3.63, 3.8) is 0 Å². The van der Waals surface area contributed by atoms with Crippen LogP contribution in [0.4, 0.5) is 51.2 Å². The topological polar surface area (TPSA) is 9.72 Å². The van der Waals surface area contributed by atoms with Gasteiger partial charge in [-0.2, -0.15) is 0 Å². The van der Waals surface area contributed by atoms with Gasteiger partial charge in [-0.1, -0.05) is 184 Å². The average Bonchev–Trinajstić information content (AvgIpc) is 3.63. The van der Waals surface area contributed by atoms with Gasteiger partial charge in [-0.25, -0.2) is 0 Å². The molecule has 4 saturated carbocycles. The lowest BCUT2D eigenvalue weighted by Crippen LogP contribution is -2.61. The minimum absolute atomic E-state index is 0.0358. The molecule has 4 bridgehead atoms. The van der Waals surface area contributed by atoms with Gasteiger partial charge >= 0.3 is 0 Å². The maximum atomic E-state index is 2.69. The summed E-state index contributed by atoms with van der Waals surface area (Å²) in [6, 6.07) is 89.5. The Kier molecular flexibility index (Phi) is 9.97. The molecule has 77 heavy (non-hydrogen) atoms. The molecule has 7 aliphatic rings. The molecular formula is C73H60BN3. The fourth-order valence-electron chi connectivity index (χ4n) is 16.1. The summed E-state index contributed by atoms with van der Waals surface area (Å²) in [6.07, 6.45) is 8.46. The third kappa shape index (κ3) is 6.97. The lowest BCUT2D eigenvalue weighted by molar-refractivity contribution is -0.00523. The molecule has 3 aliphatic heterocycles. The Morgan fingerprint density at radius 1 is 0.338 bits per heavy atom.